The number of hydrogen-bond donors (Lipinski definition) is 1. The van der Waals surface area contributed by atoms with Gasteiger partial charge in [-0.15, -0.1) is 0 Å². The van der Waals surface area contributed by atoms with Crippen LogP contribution in [-0.2, 0) is 11.2 Å². The molecule has 1 N–H and O–H groups in total. The van der Waals surface area contributed by atoms with Gasteiger partial charge in [-0.05, 0) is 42.4 Å². The highest BCUT2D eigenvalue weighted by atomic mass is 16.4. The first kappa shape index (κ1) is 9.97. The SMILES string of the molecule is O=C(O)C=C1CCCCc2ccccc21. The third-order valence-electron chi connectivity index (χ3n) is 2.80. The van der Waals surface area contributed by atoms with E-state index in [0.29, 0.717) is 0 Å². The smallest absolute Gasteiger partial charge is 0.328 e. The van der Waals surface area contributed by atoms with Crippen molar-refractivity contribution in [3.63, 3.8) is 0 Å². The number of benzene rings is 1. The summed E-state index contributed by atoms with van der Waals surface area (Å²) in [6.45, 7) is 0. The molecule has 0 atom stereocenters. The summed E-state index contributed by atoms with van der Waals surface area (Å²) in [6.07, 6.45) is 5.52. The third-order valence-corrected chi connectivity index (χ3v) is 2.80. The number of hydrogen-bond acceptors (Lipinski definition) is 1. The topological polar surface area (TPSA) is 37.3 Å². The van der Waals surface area contributed by atoms with Gasteiger partial charge in [0.2, 0.25) is 0 Å². The van der Waals surface area contributed by atoms with Crippen molar-refractivity contribution in [2.75, 3.05) is 0 Å². The number of aryl methyl sites for hydroxylation is 1. The van der Waals surface area contributed by atoms with Crippen LogP contribution < -0.4 is 0 Å². The average Bonchev–Trinajstić information content (AvgIpc) is 2.41. The van der Waals surface area contributed by atoms with E-state index in [9.17, 15) is 4.79 Å². The first-order valence-electron chi connectivity index (χ1n) is 5.29. The van der Waals surface area contributed by atoms with E-state index in [4.69, 9.17) is 5.11 Å². The van der Waals surface area contributed by atoms with Crippen LogP contribution in [0.3, 0.4) is 0 Å². The highest BCUT2D eigenvalue weighted by molar-refractivity contribution is 5.90. The molecule has 1 aliphatic rings. The van der Waals surface area contributed by atoms with Crippen LogP contribution in [-0.4, -0.2) is 11.1 Å². The molecule has 15 heavy (non-hydrogen) atoms. The number of carboxylic acid groups (broad SMARTS) is 1. The van der Waals surface area contributed by atoms with Crippen molar-refractivity contribution < 1.29 is 9.90 Å². The maximum absolute atomic E-state index is 10.7. The molecule has 0 saturated heterocycles. The summed E-state index contributed by atoms with van der Waals surface area (Å²) in [7, 11) is 0. The zero-order valence-electron chi connectivity index (χ0n) is 8.57. The van der Waals surface area contributed by atoms with E-state index in [1.807, 2.05) is 18.2 Å². The molecule has 0 aliphatic heterocycles. The molecular weight excluding hydrogens is 188 g/mol. The number of allylic oxidation sites excluding steroid dienone is 1. The Morgan fingerprint density at radius 1 is 1.20 bits per heavy atom. The van der Waals surface area contributed by atoms with Crippen LogP contribution >= 0.6 is 0 Å². The minimum Gasteiger partial charge on any atom is -0.478 e. The van der Waals surface area contributed by atoms with E-state index < -0.39 is 5.97 Å². The van der Waals surface area contributed by atoms with Crippen molar-refractivity contribution >= 4 is 11.5 Å². The summed E-state index contributed by atoms with van der Waals surface area (Å²) in [4.78, 5) is 10.7. The van der Waals surface area contributed by atoms with Crippen LogP contribution in [0.25, 0.3) is 5.57 Å². The Hall–Kier alpha value is -1.57. The fourth-order valence-electron chi connectivity index (χ4n) is 2.12. The van der Waals surface area contributed by atoms with E-state index in [1.165, 1.54) is 11.6 Å². The predicted octanol–water partition coefficient (Wildman–Crippen LogP) is 2.88. The van der Waals surface area contributed by atoms with E-state index >= 15 is 0 Å². The van der Waals surface area contributed by atoms with Crippen molar-refractivity contribution in [1.82, 2.24) is 0 Å². The Bertz CT molecular complexity index is 405. The van der Waals surface area contributed by atoms with Crippen molar-refractivity contribution in [2.24, 2.45) is 0 Å². The summed E-state index contributed by atoms with van der Waals surface area (Å²) < 4.78 is 0. The monoisotopic (exact) mass is 202 g/mol. The number of rotatable bonds is 1. The van der Waals surface area contributed by atoms with E-state index in [2.05, 4.69) is 6.07 Å². The molecule has 0 unspecified atom stereocenters. The van der Waals surface area contributed by atoms with Gasteiger partial charge in [0.15, 0.2) is 0 Å². The molecule has 2 heteroatoms. The van der Waals surface area contributed by atoms with Gasteiger partial charge in [0.1, 0.15) is 0 Å². The Labute approximate surface area is 89.2 Å². The first-order valence-corrected chi connectivity index (χ1v) is 5.29. The lowest BCUT2D eigenvalue weighted by Gasteiger charge is -2.07. The highest BCUT2D eigenvalue weighted by Crippen LogP contribution is 2.29. The lowest BCUT2D eigenvalue weighted by Crippen LogP contribution is -1.94. The molecule has 0 radical (unpaired) electrons. The van der Waals surface area contributed by atoms with Crippen LogP contribution in [0.2, 0.25) is 0 Å². The van der Waals surface area contributed by atoms with Crippen LogP contribution in [0, 0.1) is 0 Å². The average molecular weight is 202 g/mol. The number of fused-ring (bicyclic) bond motifs is 1. The lowest BCUT2D eigenvalue weighted by atomic mass is 9.98. The molecule has 0 amide bonds. The fourth-order valence-corrected chi connectivity index (χ4v) is 2.12. The molecule has 1 aromatic rings. The lowest BCUT2D eigenvalue weighted by molar-refractivity contribution is -0.131. The Balaban J connectivity index is 2.46. The molecule has 2 nitrogen and oxygen atoms in total. The minimum atomic E-state index is -0.846. The van der Waals surface area contributed by atoms with Gasteiger partial charge >= 0.3 is 5.97 Å². The minimum absolute atomic E-state index is 0.846. The zero-order chi connectivity index (χ0) is 10.7. The second-order valence-corrected chi connectivity index (χ2v) is 3.87. The summed E-state index contributed by atoms with van der Waals surface area (Å²) in [5.74, 6) is -0.846. The molecule has 1 aliphatic carbocycles. The molecule has 2 rings (SSSR count). The van der Waals surface area contributed by atoms with E-state index in [0.717, 1.165) is 36.8 Å². The van der Waals surface area contributed by atoms with Gasteiger partial charge in [0.25, 0.3) is 0 Å². The van der Waals surface area contributed by atoms with Crippen LogP contribution in [0.4, 0.5) is 0 Å². The van der Waals surface area contributed by atoms with Gasteiger partial charge in [-0.1, -0.05) is 24.3 Å². The number of carboxylic acids is 1. The molecule has 0 saturated carbocycles. The Kier molecular flexibility index (Phi) is 2.86. The molecule has 0 bridgehead atoms. The summed E-state index contributed by atoms with van der Waals surface area (Å²) in [5.41, 5.74) is 3.37. The van der Waals surface area contributed by atoms with Gasteiger partial charge in [-0.3, -0.25) is 0 Å². The quantitative estimate of drug-likeness (QED) is 0.561. The fraction of sp³-hybridized carbons (Fsp3) is 0.308. The normalized spacial score (nSPS) is 18.3. The van der Waals surface area contributed by atoms with Crippen molar-refractivity contribution in [3.8, 4) is 0 Å². The van der Waals surface area contributed by atoms with E-state index in [-0.39, 0.29) is 0 Å². The molecule has 0 fully saturated rings. The van der Waals surface area contributed by atoms with Crippen LogP contribution in [0.1, 0.15) is 30.4 Å². The number of carbonyl (C=O) groups is 1. The van der Waals surface area contributed by atoms with Gasteiger partial charge in [-0.2, -0.15) is 0 Å². The van der Waals surface area contributed by atoms with E-state index in [1.54, 1.807) is 0 Å². The van der Waals surface area contributed by atoms with Crippen molar-refractivity contribution in [2.45, 2.75) is 25.7 Å². The summed E-state index contributed by atoms with van der Waals surface area (Å²) in [6, 6.07) is 8.11. The molecule has 0 heterocycles. The highest BCUT2D eigenvalue weighted by Gasteiger charge is 2.12. The molecular formula is C13H14O2. The van der Waals surface area contributed by atoms with Crippen LogP contribution in [0.15, 0.2) is 30.3 Å². The van der Waals surface area contributed by atoms with Gasteiger partial charge < -0.3 is 5.11 Å². The molecule has 0 spiro atoms. The zero-order valence-corrected chi connectivity index (χ0v) is 8.57. The summed E-state index contributed by atoms with van der Waals surface area (Å²) in [5, 5.41) is 8.81. The van der Waals surface area contributed by atoms with Gasteiger partial charge in [0.05, 0.1) is 0 Å². The molecule has 0 aromatic heterocycles. The third kappa shape index (κ3) is 2.27. The molecule has 1 aromatic carbocycles. The number of aliphatic carboxylic acids is 1. The first-order chi connectivity index (χ1) is 7.27. The van der Waals surface area contributed by atoms with Crippen molar-refractivity contribution in [3.05, 3.63) is 41.5 Å². The maximum Gasteiger partial charge on any atom is 0.328 e. The Morgan fingerprint density at radius 2 is 1.93 bits per heavy atom. The standard InChI is InChI=1S/C13H14O2/c14-13(15)9-11-7-2-1-5-10-6-3-4-8-12(10)11/h3-4,6,8-9H,1-2,5,7H2,(H,14,15). The van der Waals surface area contributed by atoms with Crippen molar-refractivity contribution in [1.29, 1.82) is 0 Å². The summed E-state index contributed by atoms with van der Waals surface area (Å²) >= 11 is 0. The largest absolute Gasteiger partial charge is 0.478 e. The van der Waals surface area contributed by atoms with Gasteiger partial charge in [0, 0.05) is 6.08 Å². The Morgan fingerprint density at radius 3 is 2.73 bits per heavy atom. The molecule has 78 valence electrons. The second-order valence-electron chi connectivity index (χ2n) is 3.87. The van der Waals surface area contributed by atoms with Crippen LogP contribution in [0.5, 0.6) is 0 Å². The predicted molar refractivity (Wildman–Crippen MR) is 59.6 cm³/mol. The van der Waals surface area contributed by atoms with Gasteiger partial charge in [-0.25, -0.2) is 4.79 Å². The maximum atomic E-state index is 10.7. The second kappa shape index (κ2) is 4.30.